The molecule has 0 unspecified atom stereocenters. The lowest BCUT2D eigenvalue weighted by Gasteiger charge is -2.14. The summed E-state index contributed by atoms with van der Waals surface area (Å²) in [6, 6.07) is 9.39. The zero-order chi connectivity index (χ0) is 16.2. The maximum Gasteiger partial charge on any atom is 0.307 e. The molecule has 0 bridgehead atoms. The van der Waals surface area contributed by atoms with E-state index in [-0.39, 0.29) is 43.2 Å². The molecule has 0 aromatic heterocycles. The summed E-state index contributed by atoms with van der Waals surface area (Å²) in [4.78, 5) is 37.6. The van der Waals surface area contributed by atoms with Crippen LogP contribution in [0.3, 0.4) is 0 Å². The number of hydrogen-bond acceptors (Lipinski definition) is 4. The average Bonchev–Trinajstić information content (AvgIpc) is 2.83. The highest BCUT2D eigenvalue weighted by Gasteiger charge is 2.46. The average molecular weight is 313 g/mol. The van der Waals surface area contributed by atoms with Gasteiger partial charge in [-0.2, -0.15) is 0 Å². The third-order valence-corrected chi connectivity index (χ3v) is 4.38. The third kappa shape index (κ3) is 3.33. The Morgan fingerprint density at radius 2 is 1.65 bits per heavy atom. The lowest BCUT2D eigenvalue weighted by Crippen LogP contribution is -2.33. The summed E-state index contributed by atoms with van der Waals surface area (Å²) in [6.45, 7) is 0.315. The predicted molar refractivity (Wildman–Crippen MR) is 82.9 cm³/mol. The first-order valence-electron chi connectivity index (χ1n) is 7.86. The normalized spacial score (nSPS) is 23.0. The number of nitrogens with zero attached hydrogens (tertiary/aromatic N) is 1. The second kappa shape index (κ2) is 6.77. The fourth-order valence-electron chi connectivity index (χ4n) is 3.10. The van der Waals surface area contributed by atoms with Crippen LogP contribution in [0.4, 0.5) is 0 Å². The van der Waals surface area contributed by atoms with Gasteiger partial charge in [0.25, 0.3) is 0 Å². The maximum atomic E-state index is 12.3. The van der Waals surface area contributed by atoms with Gasteiger partial charge >= 0.3 is 5.97 Å². The molecular formula is C18H19NO4. The van der Waals surface area contributed by atoms with Crippen LogP contribution in [0.15, 0.2) is 42.5 Å². The number of benzene rings is 1. The van der Waals surface area contributed by atoms with E-state index in [0.717, 1.165) is 5.56 Å². The topological polar surface area (TPSA) is 63.7 Å². The van der Waals surface area contributed by atoms with E-state index >= 15 is 0 Å². The molecule has 0 saturated carbocycles. The van der Waals surface area contributed by atoms with E-state index in [4.69, 9.17) is 4.74 Å². The Bertz CT molecular complexity index is 612. The Morgan fingerprint density at radius 1 is 1.04 bits per heavy atom. The number of rotatable bonds is 5. The summed E-state index contributed by atoms with van der Waals surface area (Å²) in [5, 5.41) is 0. The number of imide groups is 1. The first-order valence-corrected chi connectivity index (χ1v) is 7.86. The summed E-state index contributed by atoms with van der Waals surface area (Å²) < 4.78 is 5.18. The van der Waals surface area contributed by atoms with Crippen molar-refractivity contribution in [2.24, 2.45) is 11.8 Å². The second-order valence-corrected chi connectivity index (χ2v) is 5.88. The Kier molecular flexibility index (Phi) is 4.55. The monoisotopic (exact) mass is 313 g/mol. The molecule has 5 nitrogen and oxygen atoms in total. The van der Waals surface area contributed by atoms with Crippen molar-refractivity contribution in [3.8, 4) is 0 Å². The van der Waals surface area contributed by atoms with Crippen molar-refractivity contribution in [2.45, 2.75) is 25.9 Å². The van der Waals surface area contributed by atoms with E-state index < -0.39 is 5.97 Å². The largest absolute Gasteiger partial charge is 0.461 e. The maximum absolute atomic E-state index is 12.3. The molecule has 2 amide bonds. The molecule has 0 radical (unpaired) electrons. The van der Waals surface area contributed by atoms with Crippen molar-refractivity contribution < 1.29 is 19.1 Å². The van der Waals surface area contributed by atoms with Crippen LogP contribution in [-0.2, 0) is 25.7 Å². The molecule has 23 heavy (non-hydrogen) atoms. The van der Waals surface area contributed by atoms with Gasteiger partial charge < -0.3 is 4.74 Å². The highest BCUT2D eigenvalue weighted by Crippen LogP contribution is 2.34. The Labute approximate surface area is 134 Å². The Balaban J connectivity index is 1.49. The second-order valence-electron chi connectivity index (χ2n) is 5.88. The number of ether oxygens (including phenoxy) is 1. The lowest BCUT2D eigenvalue weighted by molar-refractivity contribution is -0.146. The molecule has 2 aliphatic rings. The van der Waals surface area contributed by atoms with Crippen molar-refractivity contribution in [3.63, 3.8) is 0 Å². The molecule has 1 aromatic rings. The number of carbonyl (C=O) groups excluding carboxylic acids is 3. The fraction of sp³-hybridized carbons (Fsp3) is 0.389. The predicted octanol–water partition coefficient (Wildman–Crippen LogP) is 2.07. The molecule has 0 N–H and O–H groups in total. The highest BCUT2D eigenvalue weighted by atomic mass is 16.5. The van der Waals surface area contributed by atoms with Gasteiger partial charge in [-0.15, -0.1) is 0 Å². The van der Waals surface area contributed by atoms with Crippen LogP contribution in [0.1, 0.15) is 24.8 Å². The smallest absolute Gasteiger partial charge is 0.307 e. The summed E-state index contributed by atoms with van der Waals surface area (Å²) >= 11 is 0. The quantitative estimate of drug-likeness (QED) is 0.474. The fourth-order valence-corrected chi connectivity index (χ4v) is 3.10. The van der Waals surface area contributed by atoms with Crippen molar-refractivity contribution in [3.05, 3.63) is 48.0 Å². The summed E-state index contributed by atoms with van der Waals surface area (Å²) in [7, 11) is 0. The van der Waals surface area contributed by atoms with Crippen molar-refractivity contribution in [1.29, 1.82) is 0 Å². The zero-order valence-electron chi connectivity index (χ0n) is 12.8. The van der Waals surface area contributed by atoms with Gasteiger partial charge in [-0.05, 0) is 18.4 Å². The van der Waals surface area contributed by atoms with Gasteiger partial charge in [0.05, 0.1) is 18.3 Å². The van der Waals surface area contributed by atoms with Gasteiger partial charge in [0, 0.05) is 6.54 Å². The number of carbonyl (C=O) groups is 3. The minimum Gasteiger partial charge on any atom is -0.461 e. The number of amides is 2. The number of esters is 1. The first kappa shape index (κ1) is 15.5. The lowest BCUT2D eigenvalue weighted by atomic mass is 9.85. The number of likely N-dealkylation sites (tertiary alicyclic amines) is 1. The van der Waals surface area contributed by atoms with Crippen molar-refractivity contribution in [2.75, 3.05) is 6.54 Å². The molecule has 1 fully saturated rings. The highest BCUT2D eigenvalue weighted by molar-refractivity contribution is 6.05. The zero-order valence-corrected chi connectivity index (χ0v) is 12.8. The minimum absolute atomic E-state index is 0.0389. The van der Waals surface area contributed by atoms with Crippen LogP contribution >= 0.6 is 0 Å². The van der Waals surface area contributed by atoms with E-state index in [1.54, 1.807) is 0 Å². The molecule has 5 heteroatoms. The number of allylic oxidation sites excluding steroid dienone is 2. The summed E-state index contributed by atoms with van der Waals surface area (Å²) in [6.07, 6.45) is 5.17. The molecule has 1 aliphatic heterocycles. The van der Waals surface area contributed by atoms with Crippen LogP contribution in [-0.4, -0.2) is 29.2 Å². The molecule has 3 rings (SSSR count). The van der Waals surface area contributed by atoms with Gasteiger partial charge in [-0.1, -0.05) is 42.5 Å². The molecule has 0 spiro atoms. The van der Waals surface area contributed by atoms with Gasteiger partial charge in [-0.25, -0.2) is 0 Å². The SMILES string of the molecule is O=C(CCN1C(=O)[C@H]2CC=CC[C@@H]2C1=O)OCc1ccccc1. The molecule has 1 aromatic carbocycles. The van der Waals surface area contributed by atoms with Gasteiger partial charge in [0.15, 0.2) is 0 Å². The van der Waals surface area contributed by atoms with Crippen LogP contribution in [0.25, 0.3) is 0 Å². The van der Waals surface area contributed by atoms with Gasteiger partial charge in [0.1, 0.15) is 6.61 Å². The standard InChI is InChI=1S/C18H19NO4/c20-16(23-12-13-6-2-1-3-7-13)10-11-19-17(21)14-8-4-5-9-15(14)18(19)22/h1-7,14-15H,8-12H2/t14-,15-/m0/s1. The van der Waals surface area contributed by atoms with E-state index in [1.165, 1.54) is 4.90 Å². The summed E-state index contributed by atoms with van der Waals surface area (Å²) in [5.74, 6) is -1.19. The van der Waals surface area contributed by atoms with E-state index in [1.807, 2.05) is 42.5 Å². The molecular weight excluding hydrogens is 294 g/mol. The molecule has 1 saturated heterocycles. The Hall–Kier alpha value is -2.43. The van der Waals surface area contributed by atoms with Crippen LogP contribution in [0, 0.1) is 11.8 Å². The van der Waals surface area contributed by atoms with Crippen LogP contribution in [0.2, 0.25) is 0 Å². The summed E-state index contributed by atoms with van der Waals surface area (Å²) in [5.41, 5.74) is 0.909. The molecule has 1 heterocycles. The molecule has 120 valence electrons. The van der Waals surface area contributed by atoms with E-state index in [9.17, 15) is 14.4 Å². The Morgan fingerprint density at radius 3 is 2.26 bits per heavy atom. The first-order chi connectivity index (χ1) is 11.2. The third-order valence-electron chi connectivity index (χ3n) is 4.38. The van der Waals surface area contributed by atoms with Crippen LogP contribution in [0.5, 0.6) is 0 Å². The number of fused-ring (bicyclic) bond motifs is 1. The van der Waals surface area contributed by atoms with E-state index in [0.29, 0.717) is 12.8 Å². The molecule has 2 atom stereocenters. The van der Waals surface area contributed by atoms with Gasteiger partial charge in [0.2, 0.25) is 11.8 Å². The van der Waals surface area contributed by atoms with E-state index in [2.05, 4.69) is 0 Å². The molecule has 1 aliphatic carbocycles. The minimum atomic E-state index is -0.401. The van der Waals surface area contributed by atoms with Crippen LogP contribution < -0.4 is 0 Å². The van der Waals surface area contributed by atoms with Gasteiger partial charge in [-0.3, -0.25) is 19.3 Å². The van der Waals surface area contributed by atoms with Crippen molar-refractivity contribution in [1.82, 2.24) is 4.90 Å². The number of hydrogen-bond donors (Lipinski definition) is 0. The van der Waals surface area contributed by atoms with Crippen molar-refractivity contribution >= 4 is 17.8 Å².